The van der Waals surface area contributed by atoms with Gasteiger partial charge >= 0.3 is 0 Å². The highest BCUT2D eigenvalue weighted by Gasteiger charge is 2.46. The van der Waals surface area contributed by atoms with E-state index < -0.39 is 0 Å². The van der Waals surface area contributed by atoms with Gasteiger partial charge in [0.1, 0.15) is 0 Å². The molecule has 1 aliphatic carbocycles. The number of benzene rings is 2. The predicted octanol–water partition coefficient (Wildman–Crippen LogP) is 5.98. The monoisotopic (exact) mass is 496 g/mol. The van der Waals surface area contributed by atoms with Gasteiger partial charge in [-0.3, -0.25) is 0 Å². The van der Waals surface area contributed by atoms with Gasteiger partial charge in [-0.05, 0) is 47.9 Å². The summed E-state index contributed by atoms with van der Waals surface area (Å²) in [6.45, 7) is 1.78. The standard InChI is InChI=1S/C24H22Cl2N6S/c25-16-6-3-7-17(19(16)26)29-23-31-21-18(33-23)13-28-22(30-21)32-10-8-24(9-11-32)12-14-4-1-2-5-15(14)20(24)27/h1-7,13,20H,8-12,27H2,(H,28,29,30,31)/t20-/m1/s1. The van der Waals surface area contributed by atoms with Crippen LogP contribution in [0.25, 0.3) is 10.3 Å². The first-order valence-electron chi connectivity index (χ1n) is 11.0. The van der Waals surface area contributed by atoms with Gasteiger partial charge < -0.3 is 16.0 Å². The summed E-state index contributed by atoms with van der Waals surface area (Å²) in [7, 11) is 0. The van der Waals surface area contributed by atoms with Gasteiger partial charge in [0.15, 0.2) is 10.8 Å². The fourth-order valence-electron chi connectivity index (χ4n) is 5.11. The van der Waals surface area contributed by atoms with Crippen molar-refractivity contribution in [2.24, 2.45) is 11.1 Å². The highest BCUT2D eigenvalue weighted by atomic mass is 35.5. The second-order valence-corrected chi connectivity index (χ2v) is 10.6. The van der Waals surface area contributed by atoms with E-state index in [1.54, 1.807) is 6.07 Å². The number of hydrogen-bond acceptors (Lipinski definition) is 7. The van der Waals surface area contributed by atoms with Crippen molar-refractivity contribution in [1.82, 2.24) is 15.0 Å². The number of rotatable bonds is 3. The van der Waals surface area contributed by atoms with Crippen molar-refractivity contribution in [3.63, 3.8) is 0 Å². The summed E-state index contributed by atoms with van der Waals surface area (Å²) in [5.41, 5.74) is 11.0. The van der Waals surface area contributed by atoms with Crippen molar-refractivity contribution in [3.05, 3.63) is 69.8 Å². The first-order chi connectivity index (χ1) is 16.0. The van der Waals surface area contributed by atoms with Crippen molar-refractivity contribution in [3.8, 4) is 0 Å². The van der Waals surface area contributed by atoms with Crippen LogP contribution in [-0.4, -0.2) is 28.0 Å². The molecule has 2 aromatic carbocycles. The molecule has 3 heterocycles. The zero-order valence-corrected chi connectivity index (χ0v) is 20.1. The van der Waals surface area contributed by atoms with Gasteiger partial charge in [-0.15, -0.1) is 0 Å². The first kappa shape index (κ1) is 21.1. The van der Waals surface area contributed by atoms with Gasteiger partial charge in [0, 0.05) is 19.1 Å². The second-order valence-electron chi connectivity index (χ2n) is 8.81. The number of nitrogens with zero attached hydrogens (tertiary/aromatic N) is 4. The Morgan fingerprint density at radius 1 is 1.06 bits per heavy atom. The molecule has 0 radical (unpaired) electrons. The highest BCUT2D eigenvalue weighted by molar-refractivity contribution is 7.22. The number of anilines is 3. The Hall–Kier alpha value is -2.45. The van der Waals surface area contributed by atoms with Crippen LogP contribution in [0.4, 0.5) is 16.8 Å². The highest BCUT2D eigenvalue weighted by Crippen LogP contribution is 2.50. The Labute approximate surface area is 205 Å². The van der Waals surface area contributed by atoms with E-state index in [1.165, 1.54) is 22.5 Å². The second kappa shape index (κ2) is 8.09. The van der Waals surface area contributed by atoms with E-state index in [2.05, 4.69) is 44.5 Å². The van der Waals surface area contributed by atoms with E-state index in [-0.39, 0.29) is 11.5 Å². The van der Waals surface area contributed by atoms with E-state index in [0.29, 0.717) is 26.5 Å². The lowest BCUT2D eigenvalue weighted by Crippen LogP contribution is -2.44. The van der Waals surface area contributed by atoms with Crippen LogP contribution >= 0.6 is 34.5 Å². The summed E-state index contributed by atoms with van der Waals surface area (Å²) in [5, 5.41) is 4.92. The number of nitrogens with two attached hydrogens (primary N) is 1. The Morgan fingerprint density at radius 2 is 1.88 bits per heavy atom. The number of hydrogen-bond donors (Lipinski definition) is 2. The van der Waals surface area contributed by atoms with E-state index in [9.17, 15) is 0 Å². The molecule has 0 unspecified atom stereocenters. The lowest BCUT2D eigenvalue weighted by molar-refractivity contribution is 0.187. The molecule has 1 saturated heterocycles. The summed E-state index contributed by atoms with van der Waals surface area (Å²) >= 11 is 13.9. The van der Waals surface area contributed by atoms with Gasteiger partial charge in [-0.1, -0.05) is 64.9 Å². The number of nitrogens with one attached hydrogen (secondary N) is 1. The molecule has 0 saturated carbocycles. The molecule has 3 N–H and O–H groups in total. The van der Waals surface area contributed by atoms with Crippen LogP contribution < -0.4 is 16.0 Å². The first-order valence-corrected chi connectivity index (χ1v) is 12.5. The van der Waals surface area contributed by atoms with Crippen LogP contribution in [0.2, 0.25) is 10.0 Å². The molecule has 0 amide bonds. The average molecular weight is 497 g/mol. The van der Waals surface area contributed by atoms with Crippen LogP contribution in [0.15, 0.2) is 48.7 Å². The molecule has 2 aromatic heterocycles. The third-order valence-corrected chi connectivity index (χ3v) is 8.68. The summed E-state index contributed by atoms with van der Waals surface area (Å²) in [6.07, 6.45) is 4.97. The maximum absolute atomic E-state index is 6.72. The van der Waals surface area contributed by atoms with Crippen LogP contribution in [-0.2, 0) is 6.42 Å². The topological polar surface area (TPSA) is 80.0 Å². The molecule has 0 bridgehead atoms. The predicted molar refractivity (Wildman–Crippen MR) is 136 cm³/mol. The number of thiazole rings is 1. The van der Waals surface area contributed by atoms with Crippen molar-refractivity contribution in [2.45, 2.75) is 25.3 Å². The maximum atomic E-state index is 6.72. The molecule has 9 heteroatoms. The minimum atomic E-state index is 0.102. The van der Waals surface area contributed by atoms with Crippen molar-refractivity contribution in [2.75, 3.05) is 23.3 Å². The number of halogens is 2. The SMILES string of the molecule is N[C@@H]1c2ccccc2CC12CCN(c1ncc3sc(Nc4cccc(Cl)c4Cl)nc3n1)CC2. The summed E-state index contributed by atoms with van der Waals surface area (Å²) in [6, 6.07) is 14.2. The number of piperidine rings is 1. The van der Waals surface area contributed by atoms with Gasteiger partial charge in [-0.25, -0.2) is 4.98 Å². The number of aromatic nitrogens is 3. The quantitative estimate of drug-likeness (QED) is 0.363. The van der Waals surface area contributed by atoms with Gasteiger partial charge in [-0.2, -0.15) is 9.97 Å². The minimum absolute atomic E-state index is 0.102. The van der Waals surface area contributed by atoms with Crippen LogP contribution in [0, 0.1) is 5.41 Å². The van der Waals surface area contributed by atoms with E-state index in [4.69, 9.17) is 33.9 Å². The van der Waals surface area contributed by atoms with Crippen LogP contribution in [0.1, 0.15) is 30.0 Å². The molecule has 2 aliphatic rings. The largest absolute Gasteiger partial charge is 0.341 e. The molecule has 6 nitrogen and oxygen atoms in total. The van der Waals surface area contributed by atoms with Crippen molar-refractivity contribution >= 4 is 61.7 Å². The van der Waals surface area contributed by atoms with Gasteiger partial charge in [0.25, 0.3) is 0 Å². The minimum Gasteiger partial charge on any atom is -0.341 e. The van der Waals surface area contributed by atoms with Crippen LogP contribution in [0.3, 0.4) is 0 Å². The zero-order chi connectivity index (χ0) is 22.6. The molecule has 4 aromatic rings. The Kier molecular flexibility index (Phi) is 5.18. The Bertz CT molecular complexity index is 1350. The molecule has 6 rings (SSSR count). The fourth-order valence-corrected chi connectivity index (χ4v) is 6.24. The Morgan fingerprint density at radius 3 is 2.70 bits per heavy atom. The molecule has 1 fully saturated rings. The summed E-state index contributed by atoms with van der Waals surface area (Å²) < 4.78 is 0.918. The fraction of sp³-hybridized carbons (Fsp3) is 0.292. The normalized spacial score (nSPS) is 19.2. The average Bonchev–Trinajstić information content (AvgIpc) is 3.35. The van der Waals surface area contributed by atoms with Gasteiger partial charge in [0.05, 0.1) is 26.6 Å². The maximum Gasteiger partial charge on any atom is 0.227 e. The molecule has 33 heavy (non-hydrogen) atoms. The van der Waals surface area contributed by atoms with E-state index in [0.717, 1.165) is 43.0 Å². The van der Waals surface area contributed by atoms with Crippen molar-refractivity contribution < 1.29 is 0 Å². The zero-order valence-electron chi connectivity index (χ0n) is 17.8. The van der Waals surface area contributed by atoms with Crippen molar-refractivity contribution in [1.29, 1.82) is 0 Å². The number of fused-ring (bicyclic) bond motifs is 2. The molecule has 1 aliphatic heterocycles. The summed E-state index contributed by atoms with van der Waals surface area (Å²) in [5.74, 6) is 0.721. The third kappa shape index (κ3) is 3.64. The molecule has 1 spiro atoms. The Balaban J connectivity index is 1.19. The lowest BCUT2D eigenvalue weighted by atomic mass is 9.73. The van der Waals surface area contributed by atoms with Crippen LogP contribution in [0.5, 0.6) is 0 Å². The van der Waals surface area contributed by atoms with E-state index in [1.807, 2.05) is 18.3 Å². The molecule has 1 atom stereocenters. The third-order valence-electron chi connectivity index (χ3n) is 6.97. The molecule has 168 valence electrons. The molecular formula is C24H22Cl2N6S. The lowest BCUT2D eigenvalue weighted by Gasteiger charge is -2.42. The summed E-state index contributed by atoms with van der Waals surface area (Å²) in [4.78, 5) is 16.3. The van der Waals surface area contributed by atoms with Gasteiger partial charge in [0.2, 0.25) is 5.95 Å². The molecular weight excluding hydrogens is 475 g/mol. The van der Waals surface area contributed by atoms with E-state index >= 15 is 0 Å². The smallest absolute Gasteiger partial charge is 0.227 e.